The maximum absolute atomic E-state index is 11.3. The maximum atomic E-state index is 11.3. The second-order valence-corrected chi connectivity index (χ2v) is 3.13. The Morgan fingerprint density at radius 1 is 1.00 bits per heavy atom. The number of hydrogen-bond donors (Lipinski definition) is 4. The molecule has 3 amide bonds. The number of nitrogens with one attached hydrogen (secondary N) is 3. The minimum absolute atomic E-state index is 0.336. The van der Waals surface area contributed by atoms with Crippen LogP contribution in [-0.4, -0.2) is 35.0 Å². The Morgan fingerprint density at radius 3 is 1.87 bits per heavy atom. The molecule has 0 aliphatic heterocycles. The van der Waals surface area contributed by atoms with E-state index in [-0.39, 0.29) is 5.91 Å². The van der Waals surface area contributed by atoms with Crippen molar-refractivity contribution < 1.29 is 19.6 Å². The molecular formula is C8H15N3O4. The van der Waals surface area contributed by atoms with Crippen LogP contribution in [0, 0.1) is 0 Å². The van der Waals surface area contributed by atoms with Gasteiger partial charge in [0.05, 0.1) is 0 Å². The predicted molar refractivity (Wildman–Crippen MR) is 50.8 cm³/mol. The molecule has 7 heteroatoms. The smallest absolute Gasteiger partial charge is 0.265 e. The van der Waals surface area contributed by atoms with Gasteiger partial charge in [-0.05, 0) is 13.8 Å². The van der Waals surface area contributed by atoms with Crippen LogP contribution in [0.25, 0.3) is 0 Å². The molecule has 86 valence electrons. The Bertz CT molecular complexity index is 267. The third kappa shape index (κ3) is 4.96. The van der Waals surface area contributed by atoms with Crippen molar-refractivity contribution in [1.82, 2.24) is 16.1 Å². The van der Waals surface area contributed by atoms with Gasteiger partial charge in [0, 0.05) is 6.92 Å². The Labute approximate surface area is 87.2 Å². The molecule has 0 fully saturated rings. The lowest BCUT2D eigenvalue weighted by atomic mass is 10.2. The summed E-state index contributed by atoms with van der Waals surface area (Å²) in [6, 6.07) is -1.59. The zero-order valence-corrected chi connectivity index (χ0v) is 8.83. The first kappa shape index (κ1) is 13.4. The molecule has 0 aromatic rings. The average Bonchev–Trinajstić information content (AvgIpc) is 2.15. The van der Waals surface area contributed by atoms with Gasteiger partial charge in [-0.3, -0.25) is 19.6 Å². The van der Waals surface area contributed by atoms with Crippen molar-refractivity contribution in [1.29, 1.82) is 0 Å². The van der Waals surface area contributed by atoms with Crippen molar-refractivity contribution in [2.45, 2.75) is 32.9 Å². The molecule has 0 aromatic carbocycles. The second-order valence-electron chi connectivity index (χ2n) is 3.13. The van der Waals surface area contributed by atoms with Gasteiger partial charge in [0.1, 0.15) is 12.1 Å². The van der Waals surface area contributed by atoms with E-state index in [9.17, 15) is 14.4 Å². The van der Waals surface area contributed by atoms with Crippen LogP contribution in [0.5, 0.6) is 0 Å². The van der Waals surface area contributed by atoms with Crippen LogP contribution in [0.1, 0.15) is 20.8 Å². The minimum atomic E-state index is -0.862. The topological polar surface area (TPSA) is 108 Å². The molecule has 0 spiro atoms. The Kier molecular flexibility index (Phi) is 5.32. The Morgan fingerprint density at radius 2 is 1.47 bits per heavy atom. The first-order chi connectivity index (χ1) is 6.88. The highest BCUT2D eigenvalue weighted by atomic mass is 16.5. The highest BCUT2D eigenvalue weighted by molar-refractivity contribution is 5.90. The Balaban J connectivity index is 4.12. The summed E-state index contributed by atoms with van der Waals surface area (Å²) >= 11 is 0. The molecular weight excluding hydrogens is 202 g/mol. The van der Waals surface area contributed by atoms with Crippen molar-refractivity contribution in [3.63, 3.8) is 0 Å². The summed E-state index contributed by atoms with van der Waals surface area (Å²) in [6.45, 7) is 4.18. The van der Waals surface area contributed by atoms with E-state index < -0.39 is 23.9 Å². The molecule has 2 atom stereocenters. The van der Waals surface area contributed by atoms with E-state index in [0.29, 0.717) is 0 Å². The number of amides is 3. The quantitative estimate of drug-likeness (QED) is 0.340. The molecule has 0 aromatic heterocycles. The third-order valence-corrected chi connectivity index (χ3v) is 1.68. The van der Waals surface area contributed by atoms with Crippen LogP contribution in [-0.2, 0) is 14.4 Å². The lowest BCUT2D eigenvalue weighted by Crippen LogP contribution is -2.50. The van der Waals surface area contributed by atoms with Crippen LogP contribution in [0.15, 0.2) is 0 Å². The van der Waals surface area contributed by atoms with E-state index in [1.807, 2.05) is 0 Å². The second kappa shape index (κ2) is 5.97. The molecule has 0 rings (SSSR count). The molecule has 7 nitrogen and oxygen atoms in total. The van der Waals surface area contributed by atoms with Gasteiger partial charge in [-0.1, -0.05) is 0 Å². The zero-order chi connectivity index (χ0) is 12.0. The fourth-order valence-electron chi connectivity index (χ4n) is 0.871. The van der Waals surface area contributed by atoms with Gasteiger partial charge in [0.25, 0.3) is 5.91 Å². The van der Waals surface area contributed by atoms with E-state index in [2.05, 4.69) is 10.6 Å². The average molecular weight is 217 g/mol. The Hall–Kier alpha value is -1.63. The monoisotopic (exact) mass is 217 g/mol. The van der Waals surface area contributed by atoms with Gasteiger partial charge in [-0.2, -0.15) is 0 Å². The molecule has 0 saturated carbocycles. The summed E-state index contributed by atoms with van der Waals surface area (Å²) in [6.07, 6.45) is 0. The minimum Gasteiger partial charge on any atom is -0.345 e. The normalized spacial score (nSPS) is 13.6. The van der Waals surface area contributed by atoms with Crippen molar-refractivity contribution in [2.75, 3.05) is 0 Å². The highest BCUT2D eigenvalue weighted by Gasteiger charge is 2.19. The first-order valence-electron chi connectivity index (χ1n) is 4.40. The summed E-state index contributed by atoms with van der Waals surface area (Å²) < 4.78 is 0. The van der Waals surface area contributed by atoms with Crippen molar-refractivity contribution >= 4 is 17.7 Å². The molecule has 0 aliphatic carbocycles. The van der Waals surface area contributed by atoms with Gasteiger partial charge >= 0.3 is 0 Å². The van der Waals surface area contributed by atoms with Crippen molar-refractivity contribution in [3.8, 4) is 0 Å². The van der Waals surface area contributed by atoms with Gasteiger partial charge in [-0.25, -0.2) is 5.48 Å². The fraction of sp³-hybridized carbons (Fsp3) is 0.625. The van der Waals surface area contributed by atoms with E-state index in [4.69, 9.17) is 5.21 Å². The molecule has 0 radical (unpaired) electrons. The number of carbonyl (C=O) groups is 3. The molecule has 0 saturated heterocycles. The van der Waals surface area contributed by atoms with Crippen LogP contribution >= 0.6 is 0 Å². The maximum Gasteiger partial charge on any atom is 0.265 e. The molecule has 4 N–H and O–H groups in total. The lowest BCUT2D eigenvalue weighted by Gasteiger charge is -2.16. The van der Waals surface area contributed by atoms with Crippen molar-refractivity contribution in [2.24, 2.45) is 0 Å². The van der Waals surface area contributed by atoms with E-state index >= 15 is 0 Å². The largest absolute Gasteiger partial charge is 0.345 e. The summed E-state index contributed by atoms with van der Waals surface area (Å²) in [7, 11) is 0. The summed E-state index contributed by atoms with van der Waals surface area (Å²) in [5.41, 5.74) is 1.41. The van der Waals surface area contributed by atoms with E-state index in [1.54, 1.807) is 0 Å². The van der Waals surface area contributed by atoms with Gasteiger partial charge in [0.15, 0.2) is 0 Å². The van der Waals surface area contributed by atoms with Crippen LogP contribution in [0.4, 0.5) is 0 Å². The molecule has 0 aliphatic rings. The highest BCUT2D eigenvalue weighted by Crippen LogP contribution is 1.86. The van der Waals surface area contributed by atoms with Gasteiger partial charge in [-0.15, -0.1) is 0 Å². The SMILES string of the molecule is CC(=O)NC(C)C(=O)NC(C)C(=O)NO. The number of carbonyl (C=O) groups excluding carboxylic acids is 3. The molecule has 2 unspecified atom stereocenters. The summed E-state index contributed by atoms with van der Waals surface area (Å²) in [5, 5.41) is 13.0. The fourth-order valence-corrected chi connectivity index (χ4v) is 0.871. The van der Waals surface area contributed by atoms with Crippen LogP contribution < -0.4 is 16.1 Å². The molecule has 0 bridgehead atoms. The molecule has 15 heavy (non-hydrogen) atoms. The summed E-state index contributed by atoms with van der Waals surface area (Å²) in [5.74, 6) is -1.56. The first-order valence-corrected chi connectivity index (χ1v) is 4.40. The number of hydrogen-bond acceptors (Lipinski definition) is 4. The molecule has 0 heterocycles. The number of rotatable bonds is 4. The predicted octanol–water partition coefficient (Wildman–Crippen LogP) is -1.48. The van der Waals surface area contributed by atoms with Crippen molar-refractivity contribution in [3.05, 3.63) is 0 Å². The van der Waals surface area contributed by atoms with Gasteiger partial charge in [0.2, 0.25) is 11.8 Å². The van der Waals surface area contributed by atoms with E-state index in [1.165, 1.54) is 26.3 Å². The summed E-state index contributed by atoms with van der Waals surface area (Å²) in [4.78, 5) is 32.8. The van der Waals surface area contributed by atoms with Crippen LogP contribution in [0.2, 0.25) is 0 Å². The van der Waals surface area contributed by atoms with Crippen LogP contribution in [0.3, 0.4) is 0 Å². The standard InChI is InChI=1S/C8H15N3O4/c1-4(9-6(3)12)7(13)10-5(2)8(14)11-15/h4-5,15H,1-3H3,(H,9,12)(H,10,13)(H,11,14). The van der Waals surface area contributed by atoms with Gasteiger partial charge < -0.3 is 10.6 Å². The zero-order valence-electron chi connectivity index (χ0n) is 8.83. The number of hydroxylamine groups is 1. The lowest BCUT2D eigenvalue weighted by molar-refractivity contribution is -0.135. The van der Waals surface area contributed by atoms with E-state index in [0.717, 1.165) is 0 Å². The third-order valence-electron chi connectivity index (χ3n) is 1.68.